The van der Waals surface area contributed by atoms with Crippen molar-refractivity contribution in [2.45, 2.75) is 61.9 Å². The van der Waals surface area contributed by atoms with Gasteiger partial charge in [-0.15, -0.1) is 6.42 Å². The Morgan fingerprint density at radius 1 is 1.23 bits per heavy atom. The molecule has 2 bridgehead atoms. The van der Waals surface area contributed by atoms with Crippen LogP contribution in [0.25, 0.3) is 32.8 Å². The summed E-state index contributed by atoms with van der Waals surface area (Å²) in [6.07, 6.45) is 7.35. The number of nitrogens with one attached hydrogen (secondary N) is 1. The van der Waals surface area contributed by atoms with Crippen molar-refractivity contribution < 1.29 is 30.5 Å². The topological polar surface area (TPSA) is 83.0 Å². The fourth-order valence-electron chi connectivity index (χ4n) is 8.53. The van der Waals surface area contributed by atoms with E-state index < -0.39 is 35.9 Å². The summed E-state index contributed by atoms with van der Waals surface area (Å²) in [5, 5.41) is 14.9. The first-order valence-electron chi connectivity index (χ1n) is 16.9. The number of hydrogen-bond acceptors (Lipinski definition) is 8. The number of anilines is 1. The third-order valence-electron chi connectivity index (χ3n) is 10.6. The zero-order chi connectivity index (χ0) is 34.0. The molecular formula is C35H31ClF3N5O3. The summed E-state index contributed by atoms with van der Waals surface area (Å²) in [6, 6.07) is 4.78. The third-order valence-corrected chi connectivity index (χ3v) is 10.9. The number of hydrogen-bond donors (Lipinski definition) is 2. The van der Waals surface area contributed by atoms with Crippen LogP contribution in [-0.2, 0) is 0 Å². The molecule has 1 aromatic heterocycles. The number of fused-ring (bicyclic) bond motifs is 7. The first-order chi connectivity index (χ1) is 23.5. The van der Waals surface area contributed by atoms with Crippen LogP contribution in [0.3, 0.4) is 0 Å². The van der Waals surface area contributed by atoms with Crippen molar-refractivity contribution >= 4 is 39.1 Å². The lowest BCUT2D eigenvalue weighted by Gasteiger charge is -2.40. The number of phenolic OH excluding ortho intramolecular Hbond substituents is 1. The molecule has 3 unspecified atom stereocenters. The van der Waals surface area contributed by atoms with Crippen molar-refractivity contribution in [1.29, 1.82) is 0 Å². The van der Waals surface area contributed by atoms with Crippen molar-refractivity contribution in [2.24, 2.45) is 0 Å². The highest BCUT2D eigenvalue weighted by Crippen LogP contribution is 2.51. The van der Waals surface area contributed by atoms with Gasteiger partial charge in [0.2, 0.25) is 0 Å². The normalized spacial score (nSPS) is 28.8. The van der Waals surface area contributed by atoms with Crippen LogP contribution in [0.4, 0.5) is 19.0 Å². The molecule has 2 N–H and O–H groups in total. The van der Waals surface area contributed by atoms with Gasteiger partial charge in [0.15, 0.2) is 11.6 Å². The van der Waals surface area contributed by atoms with Crippen LogP contribution in [-0.4, -0.2) is 82.6 Å². The van der Waals surface area contributed by atoms with Crippen molar-refractivity contribution in [2.75, 3.05) is 37.7 Å². The summed E-state index contributed by atoms with van der Waals surface area (Å²) >= 11 is 7.06. The second-order valence-corrected chi connectivity index (χ2v) is 13.6. The zero-order valence-electron chi connectivity index (χ0n) is 27.1. The van der Waals surface area contributed by atoms with Gasteiger partial charge in [-0.3, -0.25) is 4.90 Å². The molecule has 12 heteroatoms. The van der Waals surface area contributed by atoms with Gasteiger partial charge in [0.1, 0.15) is 42.2 Å². The number of nitrogens with zero attached hydrogens (tertiary/aromatic N) is 4. The summed E-state index contributed by atoms with van der Waals surface area (Å²) in [5.41, 5.74) is -1.85. The van der Waals surface area contributed by atoms with E-state index in [2.05, 4.69) is 16.2 Å². The van der Waals surface area contributed by atoms with E-state index in [4.69, 9.17) is 35.2 Å². The highest BCUT2D eigenvalue weighted by Gasteiger charge is 2.50. The Kier molecular flexibility index (Phi) is 6.04. The number of ether oxygens (including phenoxy) is 2. The van der Waals surface area contributed by atoms with Crippen LogP contribution < -0.4 is 19.7 Å². The maximum atomic E-state index is 17.3. The molecule has 8 nitrogen and oxygen atoms in total. The minimum absolute atomic E-state index is 0.0211. The number of alkyl halides is 1. The van der Waals surface area contributed by atoms with Gasteiger partial charge < -0.3 is 24.8 Å². The SMILES string of the molecule is [2H]C([2H])(Oc1nc2c3c(c(Cl)c(-c4cc(O)cc5ccc(F)c(C#C)c45)c(F)c3n1)OCC1C3CCC(CN21)N3)[C@@]12CCCN1C[C@H](F)C2. The highest BCUT2D eigenvalue weighted by atomic mass is 35.5. The fourth-order valence-corrected chi connectivity index (χ4v) is 8.86. The molecule has 4 aromatic rings. The molecule has 0 saturated carbocycles. The Bertz CT molecular complexity index is 2140. The Morgan fingerprint density at radius 2 is 2.11 bits per heavy atom. The number of rotatable bonds is 4. The van der Waals surface area contributed by atoms with E-state index in [9.17, 15) is 9.50 Å². The van der Waals surface area contributed by atoms with E-state index in [1.807, 2.05) is 4.90 Å². The van der Waals surface area contributed by atoms with Gasteiger partial charge in [0.25, 0.3) is 0 Å². The standard InChI is InChI=1S/C35H31ClF3N5O3/c1-2-21-23(38)6-4-17-10-20(45)11-22(26(17)21)27-29(36)32-28-31(30(27)39)41-34(47-16-35-8-3-9-43(35)13-18(37)12-35)42-33(28)44-14-19-5-7-24(40-19)25(44)15-46-32/h1,4,6,10-11,18-19,24-25,40,45H,3,5,7-9,12-16H2/t18-,19?,24?,25?,35+/m1/s1/i16D2. The summed E-state index contributed by atoms with van der Waals surface area (Å²) in [4.78, 5) is 13.0. The lowest BCUT2D eigenvalue weighted by atomic mass is 9.92. The van der Waals surface area contributed by atoms with Crippen molar-refractivity contribution in [3.63, 3.8) is 0 Å². The molecule has 5 aliphatic heterocycles. The molecule has 4 saturated heterocycles. The zero-order valence-corrected chi connectivity index (χ0v) is 25.9. The number of terminal acetylenes is 1. The molecule has 0 aliphatic carbocycles. The van der Waals surface area contributed by atoms with Gasteiger partial charge in [-0.2, -0.15) is 9.97 Å². The molecule has 47 heavy (non-hydrogen) atoms. The van der Waals surface area contributed by atoms with Gasteiger partial charge in [0, 0.05) is 42.5 Å². The lowest BCUT2D eigenvalue weighted by molar-refractivity contribution is 0.107. The second kappa shape index (κ2) is 10.5. The minimum Gasteiger partial charge on any atom is -0.508 e. The first kappa shape index (κ1) is 27.0. The predicted octanol–water partition coefficient (Wildman–Crippen LogP) is 5.73. The highest BCUT2D eigenvalue weighted by molar-refractivity contribution is 6.37. The smallest absolute Gasteiger partial charge is 0.319 e. The largest absolute Gasteiger partial charge is 0.508 e. The summed E-state index contributed by atoms with van der Waals surface area (Å²) < 4.78 is 77.8. The van der Waals surface area contributed by atoms with E-state index in [0.717, 1.165) is 12.8 Å². The molecular weight excluding hydrogens is 631 g/mol. The first-order valence-corrected chi connectivity index (χ1v) is 16.3. The number of phenols is 1. The molecule has 6 heterocycles. The monoisotopic (exact) mass is 663 g/mol. The minimum atomic E-state index is -2.43. The van der Waals surface area contributed by atoms with Gasteiger partial charge in [-0.05, 0) is 61.4 Å². The average Bonchev–Trinajstić information content (AvgIpc) is 3.71. The van der Waals surface area contributed by atoms with Crippen molar-refractivity contribution in [3.05, 3.63) is 46.5 Å². The number of aromatic hydroxyl groups is 1. The summed E-state index contributed by atoms with van der Waals surface area (Å²) in [5.74, 6) is 0.839. The van der Waals surface area contributed by atoms with E-state index in [1.54, 1.807) is 4.90 Å². The Labute approximate surface area is 276 Å². The molecule has 0 radical (unpaired) electrons. The van der Waals surface area contributed by atoms with Crippen molar-refractivity contribution in [1.82, 2.24) is 20.2 Å². The maximum Gasteiger partial charge on any atom is 0.319 e. The fraction of sp³-hybridized carbons (Fsp3) is 0.429. The number of halogens is 4. The van der Waals surface area contributed by atoms with E-state index in [0.29, 0.717) is 31.3 Å². The lowest BCUT2D eigenvalue weighted by Crippen LogP contribution is -2.60. The van der Waals surface area contributed by atoms with Crippen LogP contribution in [0, 0.1) is 24.0 Å². The predicted molar refractivity (Wildman–Crippen MR) is 172 cm³/mol. The number of benzene rings is 3. The molecule has 4 fully saturated rings. The van der Waals surface area contributed by atoms with E-state index in [-0.39, 0.29) is 93.0 Å². The molecule has 5 atom stereocenters. The van der Waals surface area contributed by atoms with Gasteiger partial charge in [-0.1, -0.05) is 23.6 Å². The van der Waals surface area contributed by atoms with E-state index >= 15 is 8.78 Å². The van der Waals surface area contributed by atoms with Crippen LogP contribution in [0.5, 0.6) is 17.5 Å². The quantitative estimate of drug-likeness (QED) is 0.268. The Morgan fingerprint density at radius 3 is 2.96 bits per heavy atom. The van der Waals surface area contributed by atoms with Crippen LogP contribution in [0.1, 0.15) is 40.4 Å². The Hall–Kier alpha value is -3.98. The summed E-state index contributed by atoms with van der Waals surface area (Å²) in [7, 11) is 0. The third kappa shape index (κ3) is 4.31. The molecule has 5 aliphatic rings. The molecule has 242 valence electrons. The van der Waals surface area contributed by atoms with Crippen LogP contribution in [0.15, 0.2) is 24.3 Å². The van der Waals surface area contributed by atoms with Gasteiger partial charge in [-0.25, -0.2) is 13.2 Å². The molecule has 0 amide bonds. The second-order valence-electron chi connectivity index (χ2n) is 13.2. The van der Waals surface area contributed by atoms with Crippen molar-refractivity contribution in [3.8, 4) is 41.0 Å². The van der Waals surface area contributed by atoms with Crippen LogP contribution in [0.2, 0.25) is 5.02 Å². The number of aromatic nitrogens is 2. The average molecular weight is 664 g/mol. The summed E-state index contributed by atoms with van der Waals surface area (Å²) in [6.45, 7) is -1.10. The molecule has 9 rings (SSSR count). The molecule has 3 aromatic carbocycles. The Balaban J connectivity index is 1.30. The van der Waals surface area contributed by atoms with E-state index in [1.165, 1.54) is 24.3 Å². The maximum absolute atomic E-state index is 17.3. The van der Waals surface area contributed by atoms with Gasteiger partial charge in [0.05, 0.1) is 30.3 Å². The van der Waals surface area contributed by atoms with Crippen LogP contribution >= 0.6 is 11.6 Å². The number of piperazine rings is 1. The van der Waals surface area contributed by atoms with Gasteiger partial charge >= 0.3 is 6.01 Å². The molecule has 0 spiro atoms.